The average molecular weight is 282 g/mol. The van der Waals surface area contributed by atoms with Gasteiger partial charge in [-0.05, 0) is 44.5 Å². The van der Waals surface area contributed by atoms with Gasteiger partial charge in [0.25, 0.3) is 5.91 Å². The third-order valence-corrected chi connectivity index (χ3v) is 4.27. The summed E-state index contributed by atoms with van der Waals surface area (Å²) in [5.74, 6) is -0.113. The van der Waals surface area contributed by atoms with Crippen LogP contribution in [-0.2, 0) is 10.8 Å². The summed E-state index contributed by atoms with van der Waals surface area (Å²) < 4.78 is 11.2. The van der Waals surface area contributed by atoms with E-state index in [0.29, 0.717) is 12.1 Å². The van der Waals surface area contributed by atoms with Gasteiger partial charge in [0, 0.05) is 46.6 Å². The van der Waals surface area contributed by atoms with Crippen LogP contribution in [0.2, 0.25) is 0 Å². The van der Waals surface area contributed by atoms with Crippen molar-refractivity contribution in [1.82, 2.24) is 5.32 Å². The lowest BCUT2D eigenvalue weighted by molar-refractivity contribution is 0.0953. The Hall–Kier alpha value is -1.36. The number of carbonyl (C=O) groups excluding carboxylic acids is 1. The number of aryl methyl sites for hydroxylation is 1. The monoisotopic (exact) mass is 282 g/mol. The van der Waals surface area contributed by atoms with Crippen LogP contribution in [0.4, 0.5) is 5.69 Å². The average Bonchev–Trinajstić information content (AvgIpc) is 2.36. The van der Waals surface area contributed by atoms with Crippen LogP contribution >= 0.6 is 0 Å². The molecule has 0 aliphatic carbocycles. The van der Waals surface area contributed by atoms with E-state index in [1.165, 1.54) is 0 Å². The van der Waals surface area contributed by atoms with Gasteiger partial charge in [0.1, 0.15) is 0 Å². The highest BCUT2D eigenvalue weighted by molar-refractivity contribution is 7.84. The SMILES string of the molecule is CCNc1ccc(C(=O)NCC(C)S(C)=O)c(C)c1. The van der Waals surface area contributed by atoms with Gasteiger partial charge in [-0.15, -0.1) is 0 Å². The van der Waals surface area contributed by atoms with E-state index in [-0.39, 0.29) is 11.2 Å². The molecule has 106 valence electrons. The Morgan fingerprint density at radius 1 is 1.42 bits per heavy atom. The lowest BCUT2D eigenvalue weighted by atomic mass is 10.1. The number of amides is 1. The minimum atomic E-state index is -0.920. The van der Waals surface area contributed by atoms with Gasteiger partial charge in [-0.2, -0.15) is 0 Å². The zero-order valence-electron chi connectivity index (χ0n) is 11.9. The van der Waals surface area contributed by atoms with Gasteiger partial charge in [-0.1, -0.05) is 0 Å². The van der Waals surface area contributed by atoms with Gasteiger partial charge in [0.05, 0.1) is 0 Å². The van der Waals surface area contributed by atoms with E-state index in [9.17, 15) is 9.00 Å². The van der Waals surface area contributed by atoms with Crippen molar-refractivity contribution in [3.05, 3.63) is 29.3 Å². The van der Waals surface area contributed by atoms with Crippen molar-refractivity contribution < 1.29 is 9.00 Å². The lowest BCUT2D eigenvalue weighted by Crippen LogP contribution is -2.32. The Kier molecular flexibility index (Phi) is 6.02. The van der Waals surface area contributed by atoms with E-state index < -0.39 is 10.8 Å². The maximum absolute atomic E-state index is 12.0. The fourth-order valence-corrected chi connectivity index (χ4v) is 2.00. The molecule has 0 bridgehead atoms. The van der Waals surface area contributed by atoms with Crippen LogP contribution in [0, 0.1) is 6.92 Å². The summed E-state index contributed by atoms with van der Waals surface area (Å²) in [6.45, 7) is 7.08. The molecule has 2 unspecified atom stereocenters. The molecule has 0 radical (unpaired) electrons. The molecule has 4 nitrogen and oxygen atoms in total. The fraction of sp³-hybridized carbons (Fsp3) is 0.500. The Bertz CT molecular complexity index is 475. The number of hydrogen-bond donors (Lipinski definition) is 2. The Labute approximate surface area is 117 Å². The van der Waals surface area contributed by atoms with Crippen molar-refractivity contribution in [2.75, 3.05) is 24.7 Å². The summed E-state index contributed by atoms with van der Waals surface area (Å²) in [6.07, 6.45) is 1.65. The molecule has 1 rings (SSSR count). The summed E-state index contributed by atoms with van der Waals surface area (Å²) in [4.78, 5) is 12.0. The Balaban J connectivity index is 2.69. The molecule has 1 aromatic carbocycles. The van der Waals surface area contributed by atoms with E-state index in [1.807, 2.05) is 39.0 Å². The number of anilines is 1. The molecular formula is C14H22N2O2S. The first kappa shape index (κ1) is 15.7. The summed E-state index contributed by atoms with van der Waals surface area (Å²) in [6, 6.07) is 5.67. The molecule has 5 heteroatoms. The van der Waals surface area contributed by atoms with Crippen LogP contribution in [0.15, 0.2) is 18.2 Å². The van der Waals surface area contributed by atoms with Crippen LogP contribution in [-0.4, -0.2) is 34.7 Å². The second-order valence-electron chi connectivity index (χ2n) is 4.58. The molecule has 2 N–H and O–H groups in total. The molecule has 19 heavy (non-hydrogen) atoms. The molecule has 1 amide bonds. The Morgan fingerprint density at radius 2 is 2.11 bits per heavy atom. The van der Waals surface area contributed by atoms with Crippen molar-refractivity contribution in [3.8, 4) is 0 Å². The first-order chi connectivity index (χ1) is 8.95. The smallest absolute Gasteiger partial charge is 0.251 e. The standard InChI is InChI=1S/C14H22N2O2S/c1-5-15-12-6-7-13(10(2)8-12)14(17)16-9-11(3)19(4)18/h6-8,11,15H,5,9H2,1-4H3,(H,16,17). The van der Waals surface area contributed by atoms with E-state index >= 15 is 0 Å². The van der Waals surface area contributed by atoms with E-state index in [1.54, 1.807) is 6.26 Å². The number of rotatable bonds is 6. The van der Waals surface area contributed by atoms with Crippen molar-refractivity contribution in [2.45, 2.75) is 26.0 Å². The molecule has 0 aliphatic rings. The first-order valence-electron chi connectivity index (χ1n) is 6.40. The summed E-state index contributed by atoms with van der Waals surface area (Å²) in [7, 11) is -0.920. The van der Waals surface area contributed by atoms with Gasteiger partial charge < -0.3 is 10.6 Å². The molecule has 1 aromatic rings. The summed E-state index contributed by atoms with van der Waals surface area (Å²) >= 11 is 0. The van der Waals surface area contributed by atoms with Gasteiger partial charge in [0.15, 0.2) is 0 Å². The van der Waals surface area contributed by atoms with Crippen molar-refractivity contribution in [1.29, 1.82) is 0 Å². The van der Waals surface area contributed by atoms with Crippen LogP contribution in [0.5, 0.6) is 0 Å². The summed E-state index contributed by atoms with van der Waals surface area (Å²) in [5, 5.41) is 5.99. The van der Waals surface area contributed by atoms with E-state index in [2.05, 4.69) is 10.6 Å². The minimum Gasteiger partial charge on any atom is -0.385 e. The van der Waals surface area contributed by atoms with E-state index in [4.69, 9.17) is 0 Å². The molecule has 0 aromatic heterocycles. The van der Waals surface area contributed by atoms with Gasteiger partial charge in [-0.3, -0.25) is 9.00 Å². The number of benzene rings is 1. The highest BCUT2D eigenvalue weighted by Crippen LogP contribution is 2.15. The minimum absolute atomic E-state index is 0.0368. The zero-order valence-corrected chi connectivity index (χ0v) is 12.8. The topological polar surface area (TPSA) is 58.2 Å². The molecule has 0 spiro atoms. The molecular weight excluding hydrogens is 260 g/mol. The van der Waals surface area contributed by atoms with Crippen LogP contribution in [0.1, 0.15) is 29.8 Å². The predicted octanol–water partition coefficient (Wildman–Crippen LogP) is 1.92. The number of nitrogens with one attached hydrogen (secondary N) is 2. The predicted molar refractivity (Wildman–Crippen MR) is 81.2 cm³/mol. The number of carbonyl (C=O) groups is 1. The highest BCUT2D eigenvalue weighted by Gasteiger charge is 2.12. The fourth-order valence-electron chi connectivity index (χ4n) is 1.68. The molecule has 0 saturated heterocycles. The van der Waals surface area contributed by atoms with Crippen molar-refractivity contribution in [2.24, 2.45) is 0 Å². The maximum Gasteiger partial charge on any atom is 0.251 e. The third-order valence-electron chi connectivity index (χ3n) is 2.97. The van der Waals surface area contributed by atoms with Gasteiger partial charge >= 0.3 is 0 Å². The second kappa shape index (κ2) is 7.28. The largest absolute Gasteiger partial charge is 0.385 e. The molecule has 0 fully saturated rings. The number of hydrogen-bond acceptors (Lipinski definition) is 3. The maximum atomic E-state index is 12.0. The highest BCUT2D eigenvalue weighted by atomic mass is 32.2. The van der Waals surface area contributed by atoms with Gasteiger partial charge in [-0.25, -0.2) is 0 Å². The summed E-state index contributed by atoms with van der Waals surface area (Å²) in [5.41, 5.74) is 2.61. The molecule has 0 saturated carbocycles. The third kappa shape index (κ3) is 4.67. The normalized spacial score (nSPS) is 13.7. The second-order valence-corrected chi connectivity index (χ2v) is 6.38. The first-order valence-corrected chi connectivity index (χ1v) is 8.02. The Morgan fingerprint density at radius 3 is 2.63 bits per heavy atom. The van der Waals surface area contributed by atoms with Crippen molar-refractivity contribution >= 4 is 22.4 Å². The molecule has 0 aliphatic heterocycles. The lowest BCUT2D eigenvalue weighted by Gasteiger charge is -2.12. The van der Waals surface area contributed by atoms with Crippen molar-refractivity contribution in [3.63, 3.8) is 0 Å². The van der Waals surface area contributed by atoms with Gasteiger partial charge in [0.2, 0.25) is 0 Å². The van der Waals surface area contributed by atoms with Crippen LogP contribution < -0.4 is 10.6 Å². The molecule has 2 atom stereocenters. The van der Waals surface area contributed by atoms with Crippen LogP contribution in [0.25, 0.3) is 0 Å². The zero-order chi connectivity index (χ0) is 14.4. The van der Waals surface area contributed by atoms with Crippen LogP contribution in [0.3, 0.4) is 0 Å². The molecule has 0 heterocycles. The quantitative estimate of drug-likeness (QED) is 0.838. The van der Waals surface area contributed by atoms with E-state index in [0.717, 1.165) is 17.8 Å².